The Hall–Kier alpha value is -2.42. The van der Waals surface area contributed by atoms with Crippen molar-refractivity contribution in [3.8, 4) is 0 Å². The Balaban J connectivity index is 1.82. The van der Waals surface area contributed by atoms with E-state index < -0.39 is 6.10 Å². The van der Waals surface area contributed by atoms with Crippen molar-refractivity contribution in [2.45, 2.75) is 45.9 Å². The molecule has 1 saturated heterocycles. The van der Waals surface area contributed by atoms with Gasteiger partial charge in [0.2, 0.25) is 11.9 Å². The molecular weight excluding hydrogens is 308 g/mol. The molecule has 0 saturated carbocycles. The number of rotatable bonds is 3. The Labute approximate surface area is 140 Å². The van der Waals surface area contributed by atoms with Gasteiger partial charge >= 0.3 is 0 Å². The van der Waals surface area contributed by atoms with Crippen LogP contribution in [-0.4, -0.2) is 60.2 Å². The zero-order valence-corrected chi connectivity index (χ0v) is 14.3. The van der Waals surface area contributed by atoms with Gasteiger partial charge in [0, 0.05) is 25.2 Å². The second-order valence-corrected chi connectivity index (χ2v) is 6.16. The van der Waals surface area contributed by atoms with E-state index in [9.17, 15) is 5.11 Å². The number of piperazine rings is 1. The standard InChI is InChI=1S/C15H22N8O/c1-9-5-22(14-18-7-16-12(4)20-14)6-10(2)23(9)15-19-8-17-13(21-15)11(3)24/h7-11,24H,5-6H2,1-4H3/t9?,10?,11-/m1/s1. The average Bonchev–Trinajstić information content (AvgIpc) is 2.54. The number of hydrogen-bond donors (Lipinski definition) is 1. The van der Waals surface area contributed by atoms with Gasteiger partial charge in [0.1, 0.15) is 24.6 Å². The lowest BCUT2D eigenvalue weighted by molar-refractivity contribution is 0.188. The van der Waals surface area contributed by atoms with E-state index in [0.29, 0.717) is 23.5 Å². The normalized spacial score (nSPS) is 22.5. The first-order valence-corrected chi connectivity index (χ1v) is 8.01. The van der Waals surface area contributed by atoms with E-state index >= 15 is 0 Å². The van der Waals surface area contributed by atoms with E-state index in [2.05, 4.69) is 53.6 Å². The monoisotopic (exact) mass is 330 g/mol. The third-order valence-electron chi connectivity index (χ3n) is 4.06. The fourth-order valence-corrected chi connectivity index (χ4v) is 3.02. The summed E-state index contributed by atoms with van der Waals surface area (Å²) in [5.41, 5.74) is 0. The largest absolute Gasteiger partial charge is 0.385 e. The molecule has 2 aromatic heterocycles. The molecule has 128 valence electrons. The highest BCUT2D eigenvalue weighted by Gasteiger charge is 2.32. The van der Waals surface area contributed by atoms with E-state index in [1.807, 2.05) is 6.92 Å². The topological polar surface area (TPSA) is 104 Å². The third-order valence-corrected chi connectivity index (χ3v) is 4.06. The van der Waals surface area contributed by atoms with Gasteiger partial charge in [-0.15, -0.1) is 0 Å². The minimum absolute atomic E-state index is 0.162. The van der Waals surface area contributed by atoms with Crippen LogP contribution in [0.3, 0.4) is 0 Å². The summed E-state index contributed by atoms with van der Waals surface area (Å²) >= 11 is 0. The Bertz CT molecular complexity index is 697. The fourth-order valence-electron chi connectivity index (χ4n) is 3.02. The lowest BCUT2D eigenvalue weighted by Crippen LogP contribution is -2.58. The summed E-state index contributed by atoms with van der Waals surface area (Å²) in [6.07, 6.45) is 2.28. The number of hydrogen-bond acceptors (Lipinski definition) is 9. The Morgan fingerprint density at radius 1 is 1.00 bits per heavy atom. The van der Waals surface area contributed by atoms with Crippen LogP contribution in [0.4, 0.5) is 11.9 Å². The number of aryl methyl sites for hydroxylation is 1. The van der Waals surface area contributed by atoms with Crippen molar-refractivity contribution in [3.63, 3.8) is 0 Å². The van der Waals surface area contributed by atoms with Gasteiger partial charge in [0.15, 0.2) is 5.82 Å². The molecule has 9 heteroatoms. The van der Waals surface area contributed by atoms with Crippen molar-refractivity contribution in [2.24, 2.45) is 0 Å². The first-order valence-electron chi connectivity index (χ1n) is 8.01. The van der Waals surface area contributed by atoms with Crippen molar-refractivity contribution in [3.05, 3.63) is 24.3 Å². The van der Waals surface area contributed by atoms with Crippen LogP contribution >= 0.6 is 0 Å². The summed E-state index contributed by atoms with van der Waals surface area (Å²) in [6.45, 7) is 9.24. The maximum absolute atomic E-state index is 9.69. The summed E-state index contributed by atoms with van der Waals surface area (Å²) < 4.78 is 0. The van der Waals surface area contributed by atoms with Gasteiger partial charge in [-0.25, -0.2) is 19.9 Å². The van der Waals surface area contributed by atoms with E-state index in [-0.39, 0.29) is 12.1 Å². The zero-order valence-electron chi connectivity index (χ0n) is 14.3. The van der Waals surface area contributed by atoms with Crippen LogP contribution in [0.2, 0.25) is 0 Å². The summed E-state index contributed by atoms with van der Waals surface area (Å²) in [5.74, 6) is 2.38. The van der Waals surface area contributed by atoms with Crippen LogP contribution in [0.25, 0.3) is 0 Å². The third kappa shape index (κ3) is 3.25. The fraction of sp³-hybridized carbons (Fsp3) is 0.600. The number of aromatic nitrogens is 6. The molecule has 0 bridgehead atoms. The molecular formula is C15H22N8O. The minimum atomic E-state index is -0.716. The summed E-state index contributed by atoms with van der Waals surface area (Å²) in [4.78, 5) is 29.8. The highest BCUT2D eigenvalue weighted by Crippen LogP contribution is 2.23. The van der Waals surface area contributed by atoms with E-state index in [1.54, 1.807) is 13.3 Å². The summed E-state index contributed by atoms with van der Waals surface area (Å²) in [6, 6.07) is 0.324. The molecule has 0 radical (unpaired) electrons. The Morgan fingerprint density at radius 2 is 1.62 bits per heavy atom. The number of aliphatic hydroxyl groups excluding tert-OH is 1. The van der Waals surface area contributed by atoms with Gasteiger partial charge in [-0.2, -0.15) is 9.97 Å². The molecule has 0 amide bonds. The minimum Gasteiger partial charge on any atom is -0.385 e. The van der Waals surface area contributed by atoms with Gasteiger partial charge in [-0.3, -0.25) is 0 Å². The molecule has 3 atom stereocenters. The summed E-state index contributed by atoms with van der Waals surface area (Å²) in [7, 11) is 0. The first kappa shape index (κ1) is 16.4. The molecule has 0 aromatic carbocycles. The van der Waals surface area contributed by atoms with Crippen molar-refractivity contribution in [1.82, 2.24) is 29.9 Å². The van der Waals surface area contributed by atoms with E-state index in [0.717, 1.165) is 13.1 Å². The van der Waals surface area contributed by atoms with Crippen LogP contribution < -0.4 is 9.80 Å². The molecule has 1 aliphatic rings. The molecule has 24 heavy (non-hydrogen) atoms. The lowest BCUT2D eigenvalue weighted by Gasteiger charge is -2.44. The van der Waals surface area contributed by atoms with Crippen molar-refractivity contribution >= 4 is 11.9 Å². The summed E-state index contributed by atoms with van der Waals surface area (Å²) in [5, 5.41) is 9.69. The van der Waals surface area contributed by atoms with E-state index in [4.69, 9.17) is 0 Å². The molecule has 1 N–H and O–H groups in total. The molecule has 0 aliphatic carbocycles. The lowest BCUT2D eigenvalue weighted by atomic mass is 10.1. The van der Waals surface area contributed by atoms with Crippen molar-refractivity contribution < 1.29 is 5.11 Å². The average molecular weight is 330 g/mol. The maximum Gasteiger partial charge on any atom is 0.229 e. The van der Waals surface area contributed by atoms with Crippen LogP contribution in [-0.2, 0) is 0 Å². The molecule has 3 heterocycles. The van der Waals surface area contributed by atoms with Crippen LogP contribution in [0.15, 0.2) is 12.7 Å². The highest BCUT2D eigenvalue weighted by molar-refractivity contribution is 5.40. The quantitative estimate of drug-likeness (QED) is 0.862. The van der Waals surface area contributed by atoms with Crippen LogP contribution in [0, 0.1) is 6.92 Å². The van der Waals surface area contributed by atoms with Gasteiger partial charge in [-0.1, -0.05) is 0 Å². The van der Waals surface area contributed by atoms with Gasteiger partial charge in [0.25, 0.3) is 0 Å². The molecule has 2 unspecified atom stereocenters. The second kappa shape index (κ2) is 6.60. The van der Waals surface area contributed by atoms with Gasteiger partial charge in [-0.05, 0) is 27.7 Å². The van der Waals surface area contributed by atoms with Crippen LogP contribution in [0.1, 0.15) is 38.5 Å². The van der Waals surface area contributed by atoms with Gasteiger partial charge < -0.3 is 14.9 Å². The predicted molar refractivity (Wildman–Crippen MR) is 88.6 cm³/mol. The molecule has 3 rings (SSSR count). The molecule has 1 fully saturated rings. The molecule has 0 spiro atoms. The smallest absolute Gasteiger partial charge is 0.229 e. The SMILES string of the molecule is Cc1ncnc(N2CC(C)N(c3ncnc([C@@H](C)O)n3)C(C)C2)n1. The predicted octanol–water partition coefficient (Wildman–Crippen LogP) is 0.522. The van der Waals surface area contributed by atoms with Gasteiger partial charge in [0.05, 0.1) is 0 Å². The van der Waals surface area contributed by atoms with Crippen molar-refractivity contribution in [2.75, 3.05) is 22.9 Å². The number of anilines is 2. The first-order chi connectivity index (χ1) is 11.5. The van der Waals surface area contributed by atoms with Crippen molar-refractivity contribution in [1.29, 1.82) is 0 Å². The number of aliphatic hydroxyl groups is 1. The van der Waals surface area contributed by atoms with Crippen LogP contribution in [0.5, 0.6) is 0 Å². The second-order valence-electron chi connectivity index (χ2n) is 6.16. The maximum atomic E-state index is 9.69. The Morgan fingerprint density at radius 3 is 2.25 bits per heavy atom. The highest BCUT2D eigenvalue weighted by atomic mass is 16.3. The molecule has 1 aliphatic heterocycles. The zero-order chi connectivity index (χ0) is 17.3. The number of nitrogens with zero attached hydrogens (tertiary/aromatic N) is 8. The van der Waals surface area contributed by atoms with E-state index in [1.165, 1.54) is 6.33 Å². The molecule has 9 nitrogen and oxygen atoms in total. The Kier molecular flexibility index (Phi) is 4.52. The molecule has 2 aromatic rings.